The molecular weight excluding hydrogens is 224 g/mol. The zero-order valence-corrected chi connectivity index (χ0v) is 11.7. The molecule has 0 aliphatic heterocycles. The van der Waals surface area contributed by atoms with Crippen LogP contribution in [0.5, 0.6) is 0 Å². The van der Waals surface area contributed by atoms with Crippen molar-refractivity contribution in [2.24, 2.45) is 11.7 Å². The van der Waals surface area contributed by atoms with Crippen molar-refractivity contribution in [1.82, 2.24) is 4.90 Å². The Bertz CT molecular complexity index is 274. The van der Waals surface area contributed by atoms with Crippen LogP contribution in [-0.2, 0) is 4.79 Å². The van der Waals surface area contributed by atoms with Gasteiger partial charge >= 0.3 is 0 Å². The fourth-order valence-corrected chi connectivity index (χ4v) is 3.67. The predicted octanol–water partition coefficient (Wildman–Crippen LogP) is 2.69. The molecular formula is C15H28N2O. The Morgan fingerprint density at radius 3 is 2.28 bits per heavy atom. The van der Waals surface area contributed by atoms with Crippen molar-refractivity contribution < 1.29 is 4.79 Å². The molecule has 0 radical (unpaired) electrons. The van der Waals surface area contributed by atoms with Crippen molar-refractivity contribution >= 4 is 5.91 Å². The van der Waals surface area contributed by atoms with Gasteiger partial charge in [-0.2, -0.15) is 0 Å². The first-order valence-corrected chi connectivity index (χ1v) is 7.80. The summed E-state index contributed by atoms with van der Waals surface area (Å²) in [5.41, 5.74) is 6.15. The largest absolute Gasteiger partial charge is 0.340 e. The quantitative estimate of drug-likeness (QED) is 0.839. The van der Waals surface area contributed by atoms with Crippen molar-refractivity contribution in [3.8, 4) is 0 Å². The van der Waals surface area contributed by atoms with Crippen LogP contribution >= 0.6 is 0 Å². The fourth-order valence-electron chi connectivity index (χ4n) is 3.67. The molecule has 3 heteroatoms. The summed E-state index contributed by atoms with van der Waals surface area (Å²) in [6.07, 6.45) is 10.7. The topological polar surface area (TPSA) is 46.3 Å². The number of carbonyl (C=O) groups is 1. The molecule has 3 nitrogen and oxygen atoms in total. The van der Waals surface area contributed by atoms with Gasteiger partial charge in [0.1, 0.15) is 0 Å². The van der Waals surface area contributed by atoms with Crippen molar-refractivity contribution in [2.75, 3.05) is 6.54 Å². The predicted molar refractivity (Wildman–Crippen MR) is 74.2 cm³/mol. The molecule has 2 atom stereocenters. The van der Waals surface area contributed by atoms with Gasteiger partial charge in [0.05, 0.1) is 5.92 Å². The van der Waals surface area contributed by atoms with E-state index in [0.29, 0.717) is 11.9 Å². The van der Waals surface area contributed by atoms with Crippen molar-refractivity contribution in [1.29, 1.82) is 0 Å². The van der Waals surface area contributed by atoms with E-state index in [0.717, 1.165) is 19.4 Å². The van der Waals surface area contributed by atoms with Gasteiger partial charge in [-0.15, -0.1) is 0 Å². The summed E-state index contributed by atoms with van der Waals surface area (Å²) in [5, 5.41) is 0. The highest BCUT2D eigenvalue weighted by Crippen LogP contribution is 2.28. The molecule has 2 aliphatic rings. The Balaban J connectivity index is 1.99. The summed E-state index contributed by atoms with van der Waals surface area (Å²) in [6, 6.07) is 0.592. The summed E-state index contributed by atoms with van der Waals surface area (Å²) < 4.78 is 0. The third kappa shape index (κ3) is 3.05. The summed E-state index contributed by atoms with van der Waals surface area (Å²) in [7, 11) is 0. The second-order valence-electron chi connectivity index (χ2n) is 5.97. The van der Waals surface area contributed by atoms with E-state index in [1.165, 1.54) is 44.9 Å². The lowest BCUT2D eigenvalue weighted by atomic mass is 9.83. The molecule has 2 rings (SSSR count). The number of hydrogen-bond acceptors (Lipinski definition) is 2. The molecule has 2 aliphatic carbocycles. The normalized spacial score (nSPS) is 30.1. The van der Waals surface area contributed by atoms with Gasteiger partial charge in [0.2, 0.25) is 5.91 Å². The van der Waals surface area contributed by atoms with E-state index in [-0.39, 0.29) is 12.0 Å². The van der Waals surface area contributed by atoms with E-state index in [1.807, 2.05) is 0 Å². The van der Waals surface area contributed by atoms with E-state index >= 15 is 0 Å². The molecule has 0 aromatic carbocycles. The molecule has 18 heavy (non-hydrogen) atoms. The Morgan fingerprint density at radius 1 is 1.06 bits per heavy atom. The number of nitrogens with zero attached hydrogens (tertiary/aromatic N) is 1. The van der Waals surface area contributed by atoms with Crippen LogP contribution in [0.1, 0.15) is 64.7 Å². The molecule has 2 fully saturated rings. The molecule has 0 aromatic rings. The lowest BCUT2D eigenvalue weighted by Crippen LogP contribution is -2.49. The Hall–Kier alpha value is -0.570. The van der Waals surface area contributed by atoms with Crippen molar-refractivity contribution in [3.63, 3.8) is 0 Å². The van der Waals surface area contributed by atoms with Gasteiger partial charge in [0, 0.05) is 18.6 Å². The van der Waals surface area contributed by atoms with Crippen LogP contribution < -0.4 is 5.73 Å². The Morgan fingerprint density at radius 2 is 1.67 bits per heavy atom. The molecule has 0 bridgehead atoms. The van der Waals surface area contributed by atoms with E-state index in [4.69, 9.17) is 5.73 Å². The zero-order valence-electron chi connectivity index (χ0n) is 11.7. The third-order valence-electron chi connectivity index (χ3n) is 4.78. The van der Waals surface area contributed by atoms with Crippen LogP contribution in [0.25, 0.3) is 0 Å². The minimum absolute atomic E-state index is 0.0978. The second kappa shape index (κ2) is 6.55. The van der Waals surface area contributed by atoms with Gasteiger partial charge < -0.3 is 10.6 Å². The number of amides is 1. The molecule has 0 aromatic heterocycles. The third-order valence-corrected chi connectivity index (χ3v) is 4.78. The molecule has 0 saturated heterocycles. The molecule has 0 heterocycles. The van der Waals surface area contributed by atoms with Gasteiger partial charge in [-0.05, 0) is 32.6 Å². The molecule has 2 saturated carbocycles. The minimum Gasteiger partial charge on any atom is -0.340 e. The maximum atomic E-state index is 12.7. The van der Waals surface area contributed by atoms with Crippen LogP contribution in [-0.4, -0.2) is 29.4 Å². The fraction of sp³-hybridized carbons (Fsp3) is 0.933. The minimum atomic E-state index is 0.0978. The van der Waals surface area contributed by atoms with E-state index in [9.17, 15) is 4.79 Å². The van der Waals surface area contributed by atoms with Gasteiger partial charge in [-0.25, -0.2) is 0 Å². The standard InChI is InChI=1S/C15H28N2O/c1-2-17(12-8-4-3-5-9-12)15(18)13-10-6-7-11-14(13)16/h12-14H,2-11,16H2,1H3. The number of rotatable bonds is 3. The first-order chi connectivity index (χ1) is 8.74. The maximum absolute atomic E-state index is 12.7. The molecule has 1 amide bonds. The Kier molecular flexibility index (Phi) is 5.04. The summed E-state index contributed by atoms with van der Waals surface area (Å²) in [5.74, 6) is 0.442. The maximum Gasteiger partial charge on any atom is 0.227 e. The molecule has 104 valence electrons. The lowest BCUT2D eigenvalue weighted by Gasteiger charge is -2.38. The van der Waals surface area contributed by atoms with E-state index in [2.05, 4.69) is 11.8 Å². The lowest BCUT2D eigenvalue weighted by molar-refractivity contribution is -0.140. The number of carbonyl (C=O) groups excluding carboxylic acids is 1. The monoisotopic (exact) mass is 252 g/mol. The summed E-state index contributed by atoms with van der Waals surface area (Å²) in [4.78, 5) is 14.8. The smallest absolute Gasteiger partial charge is 0.227 e. The van der Waals surface area contributed by atoms with Gasteiger partial charge in [-0.1, -0.05) is 32.1 Å². The summed E-state index contributed by atoms with van der Waals surface area (Å²) in [6.45, 7) is 2.97. The van der Waals surface area contributed by atoms with Gasteiger partial charge in [0.15, 0.2) is 0 Å². The van der Waals surface area contributed by atoms with Crippen LogP contribution in [0.4, 0.5) is 0 Å². The number of nitrogens with two attached hydrogens (primary N) is 1. The highest BCUT2D eigenvalue weighted by molar-refractivity contribution is 5.80. The van der Waals surface area contributed by atoms with Crippen LogP contribution in [0.3, 0.4) is 0 Å². The van der Waals surface area contributed by atoms with E-state index in [1.54, 1.807) is 0 Å². The Labute approximate surface area is 111 Å². The average Bonchev–Trinajstić information content (AvgIpc) is 2.41. The van der Waals surface area contributed by atoms with Crippen LogP contribution in [0, 0.1) is 5.92 Å². The van der Waals surface area contributed by atoms with Crippen molar-refractivity contribution in [2.45, 2.75) is 76.8 Å². The average molecular weight is 252 g/mol. The summed E-state index contributed by atoms with van der Waals surface area (Å²) >= 11 is 0. The highest BCUT2D eigenvalue weighted by Gasteiger charge is 2.34. The zero-order chi connectivity index (χ0) is 13.0. The first kappa shape index (κ1) is 13.9. The van der Waals surface area contributed by atoms with Crippen LogP contribution in [0.2, 0.25) is 0 Å². The molecule has 0 spiro atoms. The van der Waals surface area contributed by atoms with E-state index < -0.39 is 0 Å². The SMILES string of the molecule is CCN(C(=O)C1CCCCC1N)C1CCCCC1. The van der Waals surface area contributed by atoms with Crippen molar-refractivity contribution in [3.05, 3.63) is 0 Å². The van der Waals surface area contributed by atoms with Gasteiger partial charge in [-0.3, -0.25) is 4.79 Å². The van der Waals surface area contributed by atoms with Gasteiger partial charge in [0.25, 0.3) is 0 Å². The molecule has 2 N–H and O–H groups in total. The first-order valence-electron chi connectivity index (χ1n) is 7.80. The highest BCUT2D eigenvalue weighted by atomic mass is 16.2. The number of hydrogen-bond donors (Lipinski definition) is 1. The van der Waals surface area contributed by atoms with Crippen LogP contribution in [0.15, 0.2) is 0 Å². The molecule has 2 unspecified atom stereocenters. The second-order valence-corrected chi connectivity index (χ2v) is 5.97.